The zero-order valence-corrected chi connectivity index (χ0v) is 22.3. The standard InChI is InChI=1S/C31H35FN2O5/c1-37-24-13-14-28(32)27(16-24)30-31(39-23-8-4-2-3-5-9-23)34-22(18-33-30)19-38-25-10-6-7-21(15-25)26(17-29(35)36)20-11-12-20/h6-7,10,13-16,18,20,23,26H,2-5,8-9,11-12,17,19H2,1H3,(H,35,36). The lowest BCUT2D eigenvalue weighted by Gasteiger charge is -2.19. The van der Waals surface area contributed by atoms with Gasteiger partial charge < -0.3 is 19.3 Å². The molecular weight excluding hydrogens is 499 g/mol. The number of aliphatic carboxylic acids is 1. The minimum atomic E-state index is -0.790. The van der Waals surface area contributed by atoms with Crippen molar-refractivity contribution in [2.75, 3.05) is 7.11 Å². The summed E-state index contributed by atoms with van der Waals surface area (Å²) in [7, 11) is 1.54. The van der Waals surface area contributed by atoms with Gasteiger partial charge in [0.1, 0.15) is 41.4 Å². The van der Waals surface area contributed by atoms with Crippen LogP contribution in [0.3, 0.4) is 0 Å². The maximum atomic E-state index is 14.9. The first-order valence-electron chi connectivity index (χ1n) is 13.8. The van der Waals surface area contributed by atoms with E-state index in [4.69, 9.17) is 19.2 Å². The number of hydrogen-bond donors (Lipinski definition) is 1. The molecule has 1 atom stereocenters. The normalized spacial score (nSPS) is 16.8. The highest BCUT2D eigenvalue weighted by atomic mass is 19.1. The summed E-state index contributed by atoms with van der Waals surface area (Å²) in [5.74, 6) is 0.635. The van der Waals surface area contributed by atoms with Crippen LogP contribution in [0, 0.1) is 11.7 Å². The van der Waals surface area contributed by atoms with E-state index >= 15 is 0 Å². The van der Waals surface area contributed by atoms with Gasteiger partial charge in [-0.25, -0.2) is 14.4 Å². The van der Waals surface area contributed by atoms with Crippen LogP contribution in [0.2, 0.25) is 0 Å². The summed E-state index contributed by atoms with van der Waals surface area (Å²) in [6.07, 6.45) is 10.2. The first kappa shape index (κ1) is 26.9. The third-order valence-corrected chi connectivity index (χ3v) is 7.56. The highest BCUT2D eigenvalue weighted by Crippen LogP contribution is 2.45. The average molecular weight is 535 g/mol. The fourth-order valence-electron chi connectivity index (χ4n) is 5.31. The number of aromatic nitrogens is 2. The maximum Gasteiger partial charge on any atom is 0.303 e. The minimum Gasteiger partial charge on any atom is -0.497 e. The van der Waals surface area contributed by atoms with Crippen molar-refractivity contribution in [1.29, 1.82) is 0 Å². The number of ether oxygens (including phenoxy) is 3. The Hall–Kier alpha value is -3.68. The monoisotopic (exact) mass is 534 g/mol. The summed E-state index contributed by atoms with van der Waals surface area (Å²) in [6, 6.07) is 12.2. The molecule has 2 aromatic carbocycles. The van der Waals surface area contributed by atoms with Gasteiger partial charge in [-0.05, 0) is 86.3 Å². The van der Waals surface area contributed by atoms with Crippen LogP contribution in [-0.4, -0.2) is 34.3 Å². The summed E-state index contributed by atoms with van der Waals surface area (Å²) in [5, 5.41) is 9.36. The highest BCUT2D eigenvalue weighted by Gasteiger charge is 2.34. The summed E-state index contributed by atoms with van der Waals surface area (Å²) in [4.78, 5) is 20.7. The lowest BCUT2D eigenvalue weighted by molar-refractivity contribution is -0.137. The zero-order valence-electron chi connectivity index (χ0n) is 22.3. The van der Waals surface area contributed by atoms with Crippen molar-refractivity contribution in [3.05, 3.63) is 65.7 Å². The second kappa shape index (κ2) is 12.5. The number of methoxy groups -OCH3 is 1. The van der Waals surface area contributed by atoms with Crippen LogP contribution in [-0.2, 0) is 11.4 Å². The predicted molar refractivity (Wildman–Crippen MR) is 145 cm³/mol. The molecule has 1 N–H and O–H groups in total. The number of carboxylic acids is 1. The van der Waals surface area contributed by atoms with E-state index in [0.29, 0.717) is 34.7 Å². The van der Waals surface area contributed by atoms with Crippen molar-refractivity contribution < 1.29 is 28.5 Å². The van der Waals surface area contributed by atoms with Gasteiger partial charge in [0.25, 0.3) is 0 Å². The molecule has 0 saturated heterocycles. The molecule has 0 radical (unpaired) electrons. The van der Waals surface area contributed by atoms with Gasteiger partial charge in [-0.15, -0.1) is 0 Å². The summed E-state index contributed by atoms with van der Waals surface area (Å²) < 4.78 is 32.6. The topological polar surface area (TPSA) is 90.8 Å². The first-order chi connectivity index (χ1) is 19.0. The Bertz CT molecular complexity index is 1290. The number of halogens is 1. The fourth-order valence-corrected chi connectivity index (χ4v) is 5.31. The molecule has 1 aromatic heterocycles. The van der Waals surface area contributed by atoms with Gasteiger partial charge >= 0.3 is 5.97 Å². The van der Waals surface area contributed by atoms with E-state index in [1.54, 1.807) is 18.3 Å². The van der Waals surface area contributed by atoms with Crippen molar-refractivity contribution in [2.45, 2.75) is 76.4 Å². The first-order valence-corrected chi connectivity index (χ1v) is 13.8. The number of carbonyl (C=O) groups is 1. The lowest BCUT2D eigenvalue weighted by Crippen LogP contribution is -2.17. The molecule has 0 amide bonds. The molecule has 2 saturated carbocycles. The second-order valence-corrected chi connectivity index (χ2v) is 10.5. The molecule has 0 aliphatic heterocycles. The van der Waals surface area contributed by atoms with Crippen LogP contribution in [0.1, 0.15) is 75.0 Å². The molecule has 3 aromatic rings. The maximum absolute atomic E-state index is 14.9. The molecule has 1 unspecified atom stereocenters. The van der Waals surface area contributed by atoms with Crippen LogP contribution in [0.25, 0.3) is 11.3 Å². The third-order valence-electron chi connectivity index (χ3n) is 7.56. The Morgan fingerprint density at radius 2 is 1.85 bits per heavy atom. The van der Waals surface area contributed by atoms with Gasteiger partial charge in [-0.3, -0.25) is 4.79 Å². The van der Waals surface area contributed by atoms with Gasteiger partial charge in [0.15, 0.2) is 0 Å². The van der Waals surface area contributed by atoms with Crippen molar-refractivity contribution in [2.24, 2.45) is 5.92 Å². The number of hydrogen-bond acceptors (Lipinski definition) is 6. The van der Waals surface area contributed by atoms with Gasteiger partial charge in [0.05, 0.1) is 19.7 Å². The van der Waals surface area contributed by atoms with Gasteiger partial charge in [0.2, 0.25) is 5.88 Å². The Morgan fingerprint density at radius 3 is 2.56 bits per heavy atom. The molecule has 8 heteroatoms. The average Bonchev–Trinajstić information content (AvgIpc) is 3.80. The quantitative estimate of drug-likeness (QED) is 0.267. The van der Waals surface area contributed by atoms with E-state index in [1.807, 2.05) is 24.3 Å². The van der Waals surface area contributed by atoms with Crippen molar-refractivity contribution in [3.8, 4) is 28.6 Å². The minimum absolute atomic E-state index is 0.00402. The van der Waals surface area contributed by atoms with Crippen LogP contribution in [0.4, 0.5) is 4.39 Å². The van der Waals surface area contributed by atoms with Crippen molar-refractivity contribution in [1.82, 2.24) is 9.97 Å². The number of rotatable bonds is 11. The molecule has 5 rings (SSSR count). The second-order valence-electron chi connectivity index (χ2n) is 10.5. The van der Waals surface area contributed by atoms with Crippen LogP contribution >= 0.6 is 0 Å². The molecular formula is C31H35FN2O5. The summed E-state index contributed by atoms with van der Waals surface area (Å²) in [6.45, 7) is 0.144. The van der Waals surface area contributed by atoms with E-state index in [-0.39, 0.29) is 30.6 Å². The number of nitrogens with zero attached hydrogens (tertiary/aromatic N) is 2. The van der Waals surface area contributed by atoms with Crippen molar-refractivity contribution >= 4 is 5.97 Å². The van der Waals surface area contributed by atoms with Gasteiger partial charge in [-0.1, -0.05) is 25.0 Å². The SMILES string of the molecule is COc1ccc(F)c(-c2ncc(COc3cccc(C(CC(=O)O)C4CC4)c3)nc2OC2CCCCCC2)c1. The Morgan fingerprint density at radius 1 is 1.05 bits per heavy atom. The molecule has 1 heterocycles. The smallest absolute Gasteiger partial charge is 0.303 e. The third kappa shape index (κ3) is 7.05. The zero-order chi connectivity index (χ0) is 27.2. The van der Waals surface area contributed by atoms with E-state index < -0.39 is 11.8 Å². The van der Waals surface area contributed by atoms with Gasteiger partial charge in [0, 0.05) is 5.56 Å². The molecule has 2 fully saturated rings. The van der Waals surface area contributed by atoms with Crippen LogP contribution < -0.4 is 14.2 Å². The van der Waals surface area contributed by atoms with Crippen molar-refractivity contribution in [3.63, 3.8) is 0 Å². The molecule has 0 bridgehead atoms. The van der Waals surface area contributed by atoms with E-state index in [2.05, 4.69) is 4.98 Å². The highest BCUT2D eigenvalue weighted by molar-refractivity contribution is 5.68. The Balaban J connectivity index is 1.38. The van der Waals surface area contributed by atoms with Crippen LogP contribution in [0.5, 0.6) is 17.4 Å². The Labute approximate surface area is 228 Å². The fraction of sp³-hybridized carbons (Fsp3) is 0.452. The number of carboxylic acid groups (broad SMARTS) is 1. The van der Waals surface area contributed by atoms with E-state index in [9.17, 15) is 14.3 Å². The largest absolute Gasteiger partial charge is 0.497 e. The number of benzene rings is 2. The summed E-state index contributed by atoms with van der Waals surface area (Å²) >= 11 is 0. The summed E-state index contributed by atoms with van der Waals surface area (Å²) in [5.41, 5.74) is 2.14. The molecule has 2 aliphatic carbocycles. The predicted octanol–water partition coefficient (Wildman–Crippen LogP) is 6.94. The van der Waals surface area contributed by atoms with Crippen LogP contribution in [0.15, 0.2) is 48.7 Å². The Kier molecular flexibility index (Phi) is 8.59. The van der Waals surface area contributed by atoms with Gasteiger partial charge in [-0.2, -0.15) is 0 Å². The molecule has 0 spiro atoms. The molecule has 39 heavy (non-hydrogen) atoms. The van der Waals surface area contributed by atoms with E-state index in [1.165, 1.54) is 26.0 Å². The molecule has 2 aliphatic rings. The lowest BCUT2D eigenvalue weighted by atomic mass is 9.91. The molecule has 206 valence electrons. The molecule has 7 nitrogen and oxygen atoms in total. The van der Waals surface area contributed by atoms with E-state index in [0.717, 1.165) is 44.1 Å².